The Bertz CT molecular complexity index is 1110. The van der Waals surface area contributed by atoms with Crippen molar-refractivity contribution in [3.63, 3.8) is 0 Å². The molecule has 0 saturated carbocycles. The Morgan fingerprint density at radius 2 is 1.62 bits per heavy atom. The maximum Gasteiger partial charge on any atom is 0.238 e. The van der Waals surface area contributed by atoms with Gasteiger partial charge in [-0.2, -0.15) is 0 Å². The number of carbonyl (C=O) groups excluding carboxylic acids is 3. The third kappa shape index (κ3) is 5.37. The number of nitrogens with one attached hydrogen (secondary N) is 2. The molecule has 1 atom stereocenters. The maximum atomic E-state index is 13.2. The topological polar surface area (TPSA) is 81.8 Å². The van der Waals surface area contributed by atoms with Crippen molar-refractivity contribution in [2.45, 2.75) is 46.1 Å². The summed E-state index contributed by atoms with van der Waals surface area (Å²) in [6.45, 7) is 10.1. The highest BCUT2D eigenvalue weighted by atomic mass is 16.2. The van der Waals surface area contributed by atoms with E-state index in [1.54, 1.807) is 30.3 Å². The first-order chi connectivity index (χ1) is 16.0. The number of amides is 2. The number of fused-ring (bicyclic) bond motifs is 1. The Morgan fingerprint density at radius 3 is 2.18 bits per heavy atom. The number of allylic oxidation sites excluding steroid dienone is 1. The fourth-order valence-electron chi connectivity index (χ4n) is 4.44. The summed E-state index contributed by atoms with van der Waals surface area (Å²) in [4.78, 5) is 41.0. The second-order valence-corrected chi connectivity index (χ2v) is 9.18. The van der Waals surface area contributed by atoms with E-state index in [-0.39, 0.29) is 29.6 Å². The summed E-state index contributed by atoms with van der Waals surface area (Å²) in [5.74, 6) is -0.385. The molecule has 0 aliphatic carbocycles. The zero-order chi connectivity index (χ0) is 25.0. The molecule has 180 valence electrons. The molecule has 0 saturated heterocycles. The summed E-state index contributed by atoms with van der Waals surface area (Å²) >= 11 is 0. The van der Waals surface area contributed by atoms with Gasteiger partial charge in [0.15, 0.2) is 5.78 Å². The van der Waals surface area contributed by atoms with Gasteiger partial charge in [-0.15, -0.1) is 0 Å². The van der Waals surface area contributed by atoms with Gasteiger partial charge in [-0.05, 0) is 49.4 Å². The normalized spacial score (nSPS) is 16.3. The summed E-state index contributed by atoms with van der Waals surface area (Å²) in [7, 11) is 1.99. The average Bonchev–Trinajstić information content (AvgIpc) is 2.98. The molecular weight excluding hydrogens is 428 g/mol. The van der Waals surface area contributed by atoms with Crippen molar-refractivity contribution in [1.29, 1.82) is 0 Å². The van der Waals surface area contributed by atoms with Gasteiger partial charge in [0, 0.05) is 48.2 Å². The van der Waals surface area contributed by atoms with Crippen molar-refractivity contribution in [3.05, 3.63) is 65.9 Å². The van der Waals surface area contributed by atoms with Crippen LogP contribution in [0.5, 0.6) is 0 Å². The van der Waals surface area contributed by atoms with E-state index in [4.69, 9.17) is 0 Å². The Kier molecular flexibility index (Phi) is 7.57. The SMILES string of the molecule is CCN(CC(=O)Nc1ccc(NC(C)=O)cc1)C(C)C(=O)C=C1N(C)c2ccccc2C1(C)C. The van der Waals surface area contributed by atoms with Gasteiger partial charge in [0.1, 0.15) is 0 Å². The van der Waals surface area contributed by atoms with Gasteiger partial charge >= 0.3 is 0 Å². The van der Waals surface area contributed by atoms with Crippen LogP contribution in [0, 0.1) is 0 Å². The number of rotatable bonds is 8. The molecule has 34 heavy (non-hydrogen) atoms. The number of nitrogens with zero attached hydrogens (tertiary/aromatic N) is 2. The molecule has 1 aliphatic rings. The number of ketones is 1. The van der Waals surface area contributed by atoms with Crippen LogP contribution in [-0.4, -0.2) is 48.7 Å². The molecule has 7 heteroatoms. The molecule has 3 rings (SSSR count). The molecule has 0 aromatic heterocycles. The molecule has 2 aromatic rings. The van der Waals surface area contributed by atoms with Crippen LogP contribution in [0.25, 0.3) is 0 Å². The lowest BCUT2D eigenvalue weighted by molar-refractivity contribution is -0.122. The third-order valence-corrected chi connectivity index (χ3v) is 6.42. The molecule has 7 nitrogen and oxygen atoms in total. The van der Waals surface area contributed by atoms with E-state index in [0.29, 0.717) is 17.9 Å². The van der Waals surface area contributed by atoms with E-state index in [1.165, 1.54) is 12.5 Å². The maximum absolute atomic E-state index is 13.2. The number of anilines is 3. The number of benzene rings is 2. The minimum Gasteiger partial charge on any atom is -0.347 e. The molecule has 0 spiro atoms. The Morgan fingerprint density at radius 1 is 1.03 bits per heavy atom. The van der Waals surface area contributed by atoms with E-state index in [9.17, 15) is 14.4 Å². The van der Waals surface area contributed by atoms with Crippen LogP contribution in [-0.2, 0) is 19.8 Å². The van der Waals surface area contributed by atoms with Crippen LogP contribution < -0.4 is 15.5 Å². The predicted molar refractivity (Wildman–Crippen MR) is 137 cm³/mol. The summed E-state index contributed by atoms with van der Waals surface area (Å²) in [6.07, 6.45) is 1.73. The van der Waals surface area contributed by atoms with Crippen molar-refractivity contribution >= 4 is 34.7 Å². The molecular formula is C27H34N4O3. The molecule has 2 N–H and O–H groups in total. The second kappa shape index (κ2) is 10.2. The first kappa shape index (κ1) is 25.2. The zero-order valence-electron chi connectivity index (χ0n) is 20.8. The smallest absolute Gasteiger partial charge is 0.238 e. The van der Waals surface area contributed by atoms with Crippen LogP contribution in [0.1, 0.15) is 40.2 Å². The summed E-state index contributed by atoms with van der Waals surface area (Å²) in [6, 6.07) is 14.7. The standard InChI is InChI=1S/C27H34N4O3/c1-7-31(17-26(34)29-21-14-12-20(13-15-21)28-19(3)32)18(2)24(33)16-25-27(4,5)22-10-8-9-11-23(22)30(25)6/h8-16,18H,7,17H2,1-6H3,(H,28,32)(H,29,34). The van der Waals surface area contributed by atoms with Crippen molar-refractivity contribution in [2.24, 2.45) is 0 Å². The van der Waals surface area contributed by atoms with E-state index in [1.807, 2.05) is 37.9 Å². The monoisotopic (exact) mass is 462 g/mol. The molecule has 1 aliphatic heterocycles. The Labute approximate surface area is 201 Å². The van der Waals surface area contributed by atoms with Gasteiger partial charge in [0.2, 0.25) is 11.8 Å². The third-order valence-electron chi connectivity index (χ3n) is 6.42. The van der Waals surface area contributed by atoms with Crippen LogP contribution >= 0.6 is 0 Å². The minimum absolute atomic E-state index is 0.0305. The lowest BCUT2D eigenvalue weighted by atomic mass is 9.83. The summed E-state index contributed by atoms with van der Waals surface area (Å²) in [5.41, 5.74) is 4.26. The summed E-state index contributed by atoms with van der Waals surface area (Å²) < 4.78 is 0. The molecule has 1 heterocycles. The largest absolute Gasteiger partial charge is 0.347 e. The van der Waals surface area contributed by atoms with Gasteiger partial charge in [0.05, 0.1) is 12.6 Å². The first-order valence-corrected chi connectivity index (χ1v) is 11.6. The Hall–Kier alpha value is -3.45. The zero-order valence-corrected chi connectivity index (χ0v) is 20.8. The van der Waals surface area contributed by atoms with E-state index < -0.39 is 6.04 Å². The fraction of sp³-hybridized carbons (Fsp3) is 0.370. The van der Waals surface area contributed by atoms with Crippen LogP contribution in [0.3, 0.4) is 0 Å². The first-order valence-electron chi connectivity index (χ1n) is 11.6. The number of para-hydroxylation sites is 1. The van der Waals surface area contributed by atoms with Crippen LogP contribution in [0.2, 0.25) is 0 Å². The Balaban J connectivity index is 1.67. The van der Waals surface area contributed by atoms with Gasteiger partial charge in [-0.1, -0.05) is 39.0 Å². The second-order valence-electron chi connectivity index (χ2n) is 9.18. The lowest BCUT2D eigenvalue weighted by Gasteiger charge is -2.28. The van der Waals surface area contributed by atoms with Crippen LogP contribution in [0.15, 0.2) is 60.3 Å². The van der Waals surface area contributed by atoms with E-state index in [0.717, 1.165) is 11.4 Å². The molecule has 1 unspecified atom stereocenters. The predicted octanol–water partition coefficient (Wildman–Crippen LogP) is 4.17. The van der Waals surface area contributed by atoms with E-state index in [2.05, 4.69) is 41.5 Å². The number of hydrogen-bond acceptors (Lipinski definition) is 5. The number of carbonyl (C=O) groups is 3. The fourth-order valence-corrected chi connectivity index (χ4v) is 4.44. The molecule has 2 amide bonds. The van der Waals surface area contributed by atoms with Gasteiger partial charge in [-0.25, -0.2) is 0 Å². The molecule has 0 radical (unpaired) electrons. The lowest BCUT2D eigenvalue weighted by Crippen LogP contribution is -2.43. The van der Waals surface area contributed by atoms with Crippen molar-refractivity contribution in [2.75, 3.05) is 35.7 Å². The molecule has 0 bridgehead atoms. The highest BCUT2D eigenvalue weighted by Crippen LogP contribution is 2.46. The summed E-state index contributed by atoms with van der Waals surface area (Å²) in [5, 5.41) is 5.55. The van der Waals surface area contributed by atoms with Gasteiger partial charge < -0.3 is 15.5 Å². The quantitative estimate of drug-likeness (QED) is 0.576. The van der Waals surface area contributed by atoms with Crippen molar-refractivity contribution < 1.29 is 14.4 Å². The molecule has 2 aromatic carbocycles. The number of likely N-dealkylation sites (N-methyl/N-ethyl adjacent to an activating group) is 2. The van der Waals surface area contributed by atoms with Crippen molar-refractivity contribution in [3.8, 4) is 0 Å². The van der Waals surface area contributed by atoms with Gasteiger partial charge in [-0.3, -0.25) is 19.3 Å². The van der Waals surface area contributed by atoms with E-state index >= 15 is 0 Å². The minimum atomic E-state index is -0.446. The highest BCUT2D eigenvalue weighted by molar-refractivity contribution is 5.97. The molecule has 0 fully saturated rings. The number of hydrogen-bond donors (Lipinski definition) is 2. The average molecular weight is 463 g/mol. The van der Waals surface area contributed by atoms with Gasteiger partial charge in [0.25, 0.3) is 0 Å². The van der Waals surface area contributed by atoms with Crippen molar-refractivity contribution in [1.82, 2.24) is 4.90 Å². The highest BCUT2D eigenvalue weighted by Gasteiger charge is 2.39. The van der Waals surface area contributed by atoms with Crippen LogP contribution in [0.4, 0.5) is 17.1 Å².